The van der Waals surface area contributed by atoms with Crippen LogP contribution in [0.15, 0.2) is 46.0 Å². The lowest BCUT2D eigenvalue weighted by atomic mass is 9.83. The number of aliphatic carboxylic acids is 1. The van der Waals surface area contributed by atoms with Crippen LogP contribution < -0.4 is 5.32 Å². The SMILES string of the molecule is CCOC(=O)C1=C(CN2CCN3C(=O)N(CC(C)(C)C(=O)O)CC3(C(C)C)C2)NC(c2nccs2)=N[C@H]1c1cccc(F)c1C. The Morgan fingerprint density at radius 2 is 2.02 bits per heavy atom. The summed E-state index contributed by atoms with van der Waals surface area (Å²) >= 11 is 1.40. The average Bonchev–Trinajstić information content (AvgIpc) is 3.61. The van der Waals surface area contributed by atoms with Gasteiger partial charge in [0.25, 0.3) is 0 Å². The van der Waals surface area contributed by atoms with Gasteiger partial charge in [0.1, 0.15) is 11.9 Å². The lowest BCUT2D eigenvalue weighted by Crippen LogP contribution is -2.64. The molecule has 1 unspecified atom stereocenters. The van der Waals surface area contributed by atoms with Crippen molar-refractivity contribution in [1.82, 2.24) is 25.0 Å². The number of benzene rings is 1. The smallest absolute Gasteiger partial charge is 0.338 e. The van der Waals surface area contributed by atoms with Crippen LogP contribution in [0.2, 0.25) is 0 Å². The van der Waals surface area contributed by atoms with Crippen molar-refractivity contribution in [2.75, 3.05) is 45.9 Å². The van der Waals surface area contributed by atoms with Crippen LogP contribution in [0.3, 0.4) is 0 Å². The van der Waals surface area contributed by atoms with Gasteiger partial charge in [-0.05, 0) is 50.8 Å². The van der Waals surface area contributed by atoms with Gasteiger partial charge in [0.2, 0.25) is 0 Å². The zero-order valence-electron chi connectivity index (χ0n) is 26.6. The highest BCUT2D eigenvalue weighted by Gasteiger charge is 2.55. The number of aromatic nitrogens is 1. The van der Waals surface area contributed by atoms with Crippen LogP contribution in [0.4, 0.5) is 9.18 Å². The molecule has 2 aromatic rings. The Kier molecular flexibility index (Phi) is 9.05. The summed E-state index contributed by atoms with van der Waals surface area (Å²) in [5.41, 5.74) is 0.195. The average molecular weight is 641 g/mol. The van der Waals surface area contributed by atoms with Crippen molar-refractivity contribution in [2.24, 2.45) is 16.3 Å². The number of carboxylic acid groups (broad SMARTS) is 1. The number of hydrogen-bond donors (Lipinski definition) is 2. The second-order valence-electron chi connectivity index (χ2n) is 12.9. The lowest BCUT2D eigenvalue weighted by Gasteiger charge is -2.48. The fourth-order valence-corrected chi connectivity index (χ4v) is 7.06. The molecule has 0 aliphatic carbocycles. The number of thiazole rings is 1. The summed E-state index contributed by atoms with van der Waals surface area (Å²) in [6, 6.07) is 3.80. The summed E-state index contributed by atoms with van der Waals surface area (Å²) in [7, 11) is 0. The van der Waals surface area contributed by atoms with E-state index in [1.54, 1.807) is 50.9 Å². The summed E-state index contributed by atoms with van der Waals surface area (Å²) < 4.78 is 20.4. The normalized spacial score (nSPS) is 22.4. The van der Waals surface area contributed by atoms with Crippen LogP contribution in [0, 0.1) is 24.1 Å². The number of amides is 2. The molecule has 0 spiro atoms. The molecule has 0 bridgehead atoms. The number of hydrogen-bond acceptors (Lipinski definition) is 9. The summed E-state index contributed by atoms with van der Waals surface area (Å²) in [6.45, 7) is 13.3. The molecule has 2 N–H and O–H groups in total. The number of aliphatic imine (C=N–C) groups is 1. The second kappa shape index (κ2) is 12.5. The van der Waals surface area contributed by atoms with E-state index >= 15 is 0 Å². The van der Waals surface area contributed by atoms with Crippen molar-refractivity contribution in [3.8, 4) is 0 Å². The van der Waals surface area contributed by atoms with E-state index in [1.165, 1.54) is 17.4 Å². The van der Waals surface area contributed by atoms with Crippen molar-refractivity contribution in [3.63, 3.8) is 0 Å². The van der Waals surface area contributed by atoms with Gasteiger partial charge in [-0.3, -0.25) is 14.7 Å². The van der Waals surface area contributed by atoms with Gasteiger partial charge in [-0.15, -0.1) is 11.3 Å². The summed E-state index contributed by atoms with van der Waals surface area (Å²) in [5.74, 6) is -1.33. The van der Waals surface area contributed by atoms with E-state index in [0.717, 1.165) is 0 Å². The first kappa shape index (κ1) is 32.6. The monoisotopic (exact) mass is 640 g/mol. The van der Waals surface area contributed by atoms with Crippen molar-refractivity contribution in [3.05, 3.63) is 63.0 Å². The van der Waals surface area contributed by atoms with E-state index in [-0.39, 0.29) is 25.1 Å². The molecule has 45 heavy (non-hydrogen) atoms. The van der Waals surface area contributed by atoms with Gasteiger partial charge in [-0.2, -0.15) is 0 Å². The van der Waals surface area contributed by atoms with E-state index in [1.807, 2.05) is 10.3 Å². The highest BCUT2D eigenvalue weighted by atomic mass is 32.1. The van der Waals surface area contributed by atoms with Crippen molar-refractivity contribution < 1.29 is 28.6 Å². The molecular weight excluding hydrogens is 599 g/mol. The van der Waals surface area contributed by atoms with Crippen LogP contribution in [-0.4, -0.2) is 100 Å². The van der Waals surface area contributed by atoms with Crippen LogP contribution >= 0.6 is 11.3 Å². The highest BCUT2D eigenvalue weighted by Crippen LogP contribution is 2.40. The lowest BCUT2D eigenvalue weighted by molar-refractivity contribution is -0.147. The van der Waals surface area contributed by atoms with Gasteiger partial charge in [0.15, 0.2) is 10.8 Å². The number of nitrogens with zero attached hydrogens (tertiary/aromatic N) is 5. The van der Waals surface area contributed by atoms with Crippen molar-refractivity contribution in [1.29, 1.82) is 0 Å². The molecule has 1 aromatic heterocycles. The van der Waals surface area contributed by atoms with E-state index in [2.05, 4.69) is 29.0 Å². The Labute approximate surface area is 266 Å². The molecule has 2 saturated heterocycles. The zero-order valence-corrected chi connectivity index (χ0v) is 27.4. The van der Waals surface area contributed by atoms with Crippen LogP contribution in [-0.2, 0) is 14.3 Å². The van der Waals surface area contributed by atoms with Gasteiger partial charge < -0.3 is 25.0 Å². The minimum Gasteiger partial charge on any atom is -0.481 e. The number of piperazine rings is 1. The second-order valence-corrected chi connectivity index (χ2v) is 13.8. The maximum absolute atomic E-state index is 14.8. The fraction of sp³-hybridized carbons (Fsp3) is 0.531. The molecule has 3 aliphatic heterocycles. The Morgan fingerprint density at radius 1 is 1.27 bits per heavy atom. The maximum atomic E-state index is 14.8. The molecule has 242 valence electrons. The molecule has 1 aromatic carbocycles. The Balaban J connectivity index is 1.52. The third kappa shape index (κ3) is 6.07. The van der Waals surface area contributed by atoms with Crippen LogP contribution in [0.1, 0.15) is 56.8 Å². The van der Waals surface area contributed by atoms with Gasteiger partial charge >= 0.3 is 18.0 Å². The van der Waals surface area contributed by atoms with Gasteiger partial charge in [0.05, 0.1) is 23.1 Å². The number of fused-ring (bicyclic) bond motifs is 1. The minimum atomic E-state index is -1.09. The molecule has 3 aliphatic rings. The number of nitrogens with one attached hydrogen (secondary N) is 1. The topological polar surface area (TPSA) is 128 Å². The Bertz CT molecular complexity index is 1540. The maximum Gasteiger partial charge on any atom is 0.338 e. The van der Waals surface area contributed by atoms with E-state index in [9.17, 15) is 23.9 Å². The van der Waals surface area contributed by atoms with E-state index in [0.29, 0.717) is 66.0 Å². The first-order valence-corrected chi connectivity index (χ1v) is 16.1. The summed E-state index contributed by atoms with van der Waals surface area (Å²) in [6.07, 6.45) is 1.68. The molecule has 0 radical (unpaired) electrons. The number of rotatable bonds is 10. The molecule has 2 amide bonds. The third-order valence-electron chi connectivity index (χ3n) is 9.12. The van der Waals surface area contributed by atoms with Gasteiger partial charge in [0, 0.05) is 56.5 Å². The predicted molar refractivity (Wildman–Crippen MR) is 168 cm³/mol. The molecule has 0 saturated carbocycles. The first-order valence-electron chi connectivity index (χ1n) is 15.2. The molecule has 11 nitrogen and oxygen atoms in total. The Hall–Kier alpha value is -3.84. The number of amidine groups is 1. The number of esters is 1. The van der Waals surface area contributed by atoms with E-state index < -0.39 is 34.8 Å². The third-order valence-corrected chi connectivity index (χ3v) is 9.90. The Morgan fingerprint density at radius 3 is 2.67 bits per heavy atom. The quantitative estimate of drug-likeness (QED) is 0.373. The van der Waals surface area contributed by atoms with Gasteiger partial charge in [-0.25, -0.2) is 19.0 Å². The zero-order chi connectivity index (χ0) is 32.7. The number of carbonyl (C=O) groups is 3. The van der Waals surface area contributed by atoms with E-state index in [4.69, 9.17) is 9.73 Å². The molecule has 2 fully saturated rings. The molecule has 2 atom stereocenters. The number of halogens is 1. The summed E-state index contributed by atoms with van der Waals surface area (Å²) in [4.78, 5) is 54.2. The number of carbonyl (C=O) groups excluding carboxylic acids is 2. The molecular formula is C32H41FN6O5S. The number of carboxylic acids is 1. The van der Waals surface area contributed by atoms with Crippen molar-refractivity contribution >= 4 is 35.1 Å². The predicted octanol–water partition coefficient (Wildman–Crippen LogP) is 4.06. The fourth-order valence-electron chi connectivity index (χ4n) is 6.47. The highest BCUT2D eigenvalue weighted by molar-refractivity contribution is 7.11. The standard InChI is InChI=1S/C32H41FN6O5S/c1-7-44-28(40)24-23(35-26(27-34-11-14-45-27)36-25(24)21-9-8-10-22(33)20(21)4)15-37-12-13-39-30(43)38(16-31(5,6)29(41)42)18-32(39,17-37)19(2)3/h8-11,14,19,25H,7,12-13,15-18H2,1-6H3,(H,35,36)(H,41,42)/t25-,32?/m0/s1. The van der Waals surface area contributed by atoms with Crippen molar-refractivity contribution in [2.45, 2.75) is 53.1 Å². The van der Waals surface area contributed by atoms with Gasteiger partial charge in [-0.1, -0.05) is 26.0 Å². The minimum absolute atomic E-state index is 0.0650. The number of ether oxygens (including phenoxy) is 1. The largest absolute Gasteiger partial charge is 0.481 e. The first-order chi connectivity index (χ1) is 21.3. The molecule has 13 heteroatoms. The van der Waals surface area contributed by atoms with Crippen LogP contribution in [0.5, 0.6) is 0 Å². The summed E-state index contributed by atoms with van der Waals surface area (Å²) in [5, 5.41) is 15.6. The number of urea groups is 1. The molecule has 5 rings (SSSR count). The molecule has 4 heterocycles. The van der Waals surface area contributed by atoms with Crippen LogP contribution in [0.25, 0.3) is 0 Å².